The summed E-state index contributed by atoms with van der Waals surface area (Å²) in [6, 6.07) is 0.463. The number of nitrogens with two attached hydrogens (primary N) is 1. The Labute approximate surface area is 147 Å². The Bertz CT molecular complexity index is 392. The molecule has 0 spiro atoms. The summed E-state index contributed by atoms with van der Waals surface area (Å²) in [4.78, 5) is 4.36. The number of aromatic nitrogens is 3. The van der Waals surface area contributed by atoms with Crippen LogP contribution in [-0.2, 0) is 0 Å². The molecule has 2 N–H and O–H groups in total. The first-order valence-corrected chi connectivity index (χ1v) is 10.7. The monoisotopic (exact) mass is 340 g/mol. The highest BCUT2D eigenvalue weighted by atomic mass is 32.2. The minimum Gasteiger partial charge on any atom is -0.366 e. The Morgan fingerprint density at radius 2 is 1.43 bits per heavy atom. The van der Waals surface area contributed by atoms with E-state index in [1.807, 2.05) is 0 Å². The standard InChI is InChI=1S/C18H36N4S/c1-4-6-8-10-12-14-16(15-13-11-9-7-5-2)22-18(23-3)20-17(19)21-22/h16H,4-15H2,1-3H3,(H2,19,21). The molecule has 1 aromatic heterocycles. The summed E-state index contributed by atoms with van der Waals surface area (Å²) in [5.74, 6) is 0.413. The van der Waals surface area contributed by atoms with Crippen LogP contribution in [0.15, 0.2) is 5.16 Å². The average molecular weight is 341 g/mol. The zero-order chi connectivity index (χ0) is 16.9. The SMILES string of the molecule is CCCCCCCC(CCCCCCC)n1nc(N)nc1SC. The number of nitrogens with zero attached hydrogens (tertiary/aromatic N) is 3. The van der Waals surface area contributed by atoms with Gasteiger partial charge in [0.25, 0.3) is 0 Å². The van der Waals surface area contributed by atoms with Gasteiger partial charge in [0.15, 0.2) is 5.16 Å². The number of hydrogen-bond acceptors (Lipinski definition) is 4. The maximum Gasteiger partial charge on any atom is 0.240 e. The van der Waals surface area contributed by atoms with Crippen LogP contribution in [0.4, 0.5) is 5.95 Å². The van der Waals surface area contributed by atoms with Crippen molar-refractivity contribution in [3.05, 3.63) is 0 Å². The van der Waals surface area contributed by atoms with Crippen LogP contribution in [-0.4, -0.2) is 21.0 Å². The topological polar surface area (TPSA) is 56.7 Å². The van der Waals surface area contributed by atoms with Gasteiger partial charge < -0.3 is 5.73 Å². The van der Waals surface area contributed by atoms with E-state index in [9.17, 15) is 0 Å². The van der Waals surface area contributed by atoms with Gasteiger partial charge in [-0.15, -0.1) is 5.10 Å². The highest BCUT2D eigenvalue weighted by molar-refractivity contribution is 7.98. The van der Waals surface area contributed by atoms with Crippen LogP contribution < -0.4 is 5.73 Å². The van der Waals surface area contributed by atoms with E-state index < -0.39 is 0 Å². The van der Waals surface area contributed by atoms with Crippen LogP contribution in [0.1, 0.15) is 96.9 Å². The largest absolute Gasteiger partial charge is 0.366 e. The molecule has 134 valence electrons. The second kappa shape index (κ2) is 12.7. The van der Waals surface area contributed by atoms with Gasteiger partial charge in [-0.25, -0.2) is 4.68 Å². The summed E-state index contributed by atoms with van der Waals surface area (Å²) < 4.78 is 2.10. The van der Waals surface area contributed by atoms with E-state index in [1.54, 1.807) is 11.8 Å². The normalized spacial score (nSPS) is 11.5. The molecule has 1 aromatic rings. The van der Waals surface area contributed by atoms with E-state index >= 15 is 0 Å². The molecular formula is C18H36N4S. The highest BCUT2D eigenvalue weighted by Gasteiger charge is 2.17. The van der Waals surface area contributed by atoms with E-state index in [0.717, 1.165) is 5.16 Å². The lowest BCUT2D eigenvalue weighted by Gasteiger charge is -2.18. The van der Waals surface area contributed by atoms with Crippen molar-refractivity contribution in [3.63, 3.8) is 0 Å². The van der Waals surface area contributed by atoms with Gasteiger partial charge >= 0.3 is 0 Å². The Balaban J connectivity index is 2.53. The molecule has 0 bridgehead atoms. The van der Waals surface area contributed by atoms with Crippen LogP contribution in [0.3, 0.4) is 0 Å². The minimum atomic E-state index is 0.413. The number of anilines is 1. The smallest absolute Gasteiger partial charge is 0.240 e. The average Bonchev–Trinajstić information content (AvgIpc) is 2.93. The van der Waals surface area contributed by atoms with Crippen LogP contribution in [0.5, 0.6) is 0 Å². The van der Waals surface area contributed by atoms with Gasteiger partial charge in [-0.05, 0) is 19.1 Å². The molecule has 1 heterocycles. The Kier molecular flexibility index (Phi) is 11.2. The van der Waals surface area contributed by atoms with Gasteiger partial charge in [-0.1, -0.05) is 89.8 Å². The molecule has 0 aliphatic carbocycles. The molecule has 0 radical (unpaired) electrons. The Morgan fingerprint density at radius 3 is 1.91 bits per heavy atom. The van der Waals surface area contributed by atoms with Gasteiger partial charge in [0.05, 0.1) is 6.04 Å². The first kappa shape index (κ1) is 20.3. The van der Waals surface area contributed by atoms with Crippen LogP contribution in [0, 0.1) is 0 Å². The molecule has 4 nitrogen and oxygen atoms in total. The molecular weight excluding hydrogens is 304 g/mol. The van der Waals surface area contributed by atoms with Crippen molar-refractivity contribution in [2.45, 2.75) is 102 Å². The molecule has 0 amide bonds. The first-order valence-electron chi connectivity index (χ1n) is 9.48. The van der Waals surface area contributed by atoms with Crippen molar-refractivity contribution < 1.29 is 0 Å². The molecule has 0 atom stereocenters. The molecule has 0 aromatic carbocycles. The second-order valence-electron chi connectivity index (χ2n) is 6.46. The predicted octanol–water partition coefficient (Wildman–Crippen LogP) is 5.84. The molecule has 0 fully saturated rings. The van der Waals surface area contributed by atoms with Gasteiger partial charge in [0.1, 0.15) is 0 Å². The molecule has 23 heavy (non-hydrogen) atoms. The first-order chi connectivity index (χ1) is 11.2. The van der Waals surface area contributed by atoms with Crippen molar-refractivity contribution in [1.82, 2.24) is 14.8 Å². The fourth-order valence-electron chi connectivity index (χ4n) is 3.06. The van der Waals surface area contributed by atoms with Crippen molar-refractivity contribution in [3.8, 4) is 0 Å². The number of unbranched alkanes of at least 4 members (excludes halogenated alkanes) is 8. The summed E-state index contributed by atoms with van der Waals surface area (Å²) in [5.41, 5.74) is 5.83. The van der Waals surface area contributed by atoms with Crippen LogP contribution >= 0.6 is 11.8 Å². The number of hydrogen-bond donors (Lipinski definition) is 1. The lowest BCUT2D eigenvalue weighted by atomic mass is 10.0. The van der Waals surface area contributed by atoms with Gasteiger partial charge in [0, 0.05) is 0 Å². The molecule has 0 aliphatic rings. The summed E-state index contributed by atoms with van der Waals surface area (Å²) in [6.07, 6.45) is 17.7. The summed E-state index contributed by atoms with van der Waals surface area (Å²) in [5, 5.41) is 5.44. The fraction of sp³-hybridized carbons (Fsp3) is 0.889. The van der Waals surface area contributed by atoms with Gasteiger partial charge in [-0.3, -0.25) is 0 Å². The van der Waals surface area contributed by atoms with Crippen molar-refractivity contribution in [2.24, 2.45) is 0 Å². The fourth-order valence-corrected chi connectivity index (χ4v) is 3.62. The van der Waals surface area contributed by atoms with Gasteiger partial charge in [-0.2, -0.15) is 4.98 Å². The number of thioether (sulfide) groups is 1. The summed E-state index contributed by atoms with van der Waals surface area (Å²) in [6.45, 7) is 4.53. The van der Waals surface area contributed by atoms with E-state index in [-0.39, 0.29) is 0 Å². The maximum atomic E-state index is 5.83. The maximum absolute atomic E-state index is 5.83. The third-order valence-electron chi connectivity index (χ3n) is 4.43. The van der Waals surface area contributed by atoms with E-state index in [1.165, 1.54) is 77.0 Å². The second-order valence-corrected chi connectivity index (χ2v) is 7.23. The third-order valence-corrected chi connectivity index (χ3v) is 5.07. The summed E-state index contributed by atoms with van der Waals surface area (Å²) in [7, 11) is 0. The predicted molar refractivity (Wildman–Crippen MR) is 102 cm³/mol. The quantitative estimate of drug-likeness (QED) is 0.341. The van der Waals surface area contributed by atoms with Crippen molar-refractivity contribution in [1.29, 1.82) is 0 Å². The van der Waals surface area contributed by atoms with Crippen molar-refractivity contribution >= 4 is 17.7 Å². The van der Waals surface area contributed by atoms with Crippen LogP contribution in [0.25, 0.3) is 0 Å². The lowest BCUT2D eigenvalue weighted by Crippen LogP contribution is -2.12. The molecule has 5 heteroatoms. The van der Waals surface area contributed by atoms with Crippen LogP contribution in [0.2, 0.25) is 0 Å². The molecule has 0 aliphatic heterocycles. The molecule has 0 saturated heterocycles. The van der Waals surface area contributed by atoms with E-state index in [0.29, 0.717) is 12.0 Å². The van der Waals surface area contributed by atoms with E-state index in [2.05, 4.69) is 34.9 Å². The number of nitrogen functional groups attached to an aromatic ring is 1. The molecule has 1 rings (SSSR count). The van der Waals surface area contributed by atoms with Crippen molar-refractivity contribution in [2.75, 3.05) is 12.0 Å². The zero-order valence-electron chi connectivity index (χ0n) is 15.4. The molecule has 0 saturated carbocycles. The van der Waals surface area contributed by atoms with E-state index in [4.69, 9.17) is 5.73 Å². The highest BCUT2D eigenvalue weighted by Crippen LogP contribution is 2.27. The summed E-state index contributed by atoms with van der Waals surface area (Å²) >= 11 is 1.65. The zero-order valence-corrected chi connectivity index (χ0v) is 16.2. The number of rotatable bonds is 14. The Hall–Kier alpha value is -0.710. The lowest BCUT2D eigenvalue weighted by molar-refractivity contribution is 0.345. The minimum absolute atomic E-state index is 0.413. The van der Waals surface area contributed by atoms with Gasteiger partial charge in [0.2, 0.25) is 5.95 Å². The molecule has 0 unspecified atom stereocenters. The third kappa shape index (κ3) is 8.09. The Morgan fingerprint density at radius 1 is 0.913 bits per heavy atom.